The maximum absolute atomic E-state index is 14.2. The van der Waals surface area contributed by atoms with Gasteiger partial charge in [0.2, 0.25) is 0 Å². The largest absolute Gasteiger partial charge is 0.488 e. The average Bonchev–Trinajstić information content (AvgIpc) is 2.65. The molecule has 1 aromatic heterocycles. The molecule has 4 rings (SSSR count). The Morgan fingerprint density at radius 1 is 1.10 bits per heavy atom. The van der Waals surface area contributed by atoms with Crippen LogP contribution < -0.4 is 15.8 Å². The predicted molar refractivity (Wildman–Crippen MR) is 102 cm³/mol. The predicted octanol–water partition coefficient (Wildman–Crippen LogP) is 4.81. The summed E-state index contributed by atoms with van der Waals surface area (Å²) in [7, 11) is 0. The van der Waals surface area contributed by atoms with Crippen molar-refractivity contribution in [1.82, 2.24) is 10.3 Å². The monoisotopic (exact) mass is 423 g/mol. The van der Waals surface area contributed by atoms with Gasteiger partial charge in [-0.25, -0.2) is 8.78 Å². The van der Waals surface area contributed by atoms with Crippen molar-refractivity contribution < 1.29 is 26.7 Å². The highest BCUT2D eigenvalue weighted by molar-refractivity contribution is 5.84. The summed E-state index contributed by atoms with van der Waals surface area (Å²) < 4.78 is 71.9. The van der Waals surface area contributed by atoms with Crippen molar-refractivity contribution in [1.29, 1.82) is 0 Å². The highest BCUT2D eigenvalue weighted by Crippen LogP contribution is 2.38. The normalized spacial score (nSPS) is 19.0. The van der Waals surface area contributed by atoms with E-state index in [1.165, 1.54) is 6.07 Å². The van der Waals surface area contributed by atoms with Gasteiger partial charge < -0.3 is 15.8 Å². The molecule has 4 nitrogen and oxygen atoms in total. The lowest BCUT2D eigenvalue weighted by molar-refractivity contribution is -0.140. The third-order valence-electron chi connectivity index (χ3n) is 5.24. The SMILES string of the molecule is Nc1cc(F)c(C(F)(F)F)cc1OC1CC(NCc2c(F)ccc3cnccc23)C1. The van der Waals surface area contributed by atoms with Gasteiger partial charge in [0.1, 0.15) is 23.5 Å². The van der Waals surface area contributed by atoms with Gasteiger partial charge in [0.05, 0.1) is 11.3 Å². The summed E-state index contributed by atoms with van der Waals surface area (Å²) in [4.78, 5) is 4.03. The Balaban J connectivity index is 1.37. The van der Waals surface area contributed by atoms with Crippen molar-refractivity contribution in [2.24, 2.45) is 0 Å². The van der Waals surface area contributed by atoms with Crippen LogP contribution in [0.4, 0.5) is 27.6 Å². The van der Waals surface area contributed by atoms with Gasteiger partial charge >= 0.3 is 6.18 Å². The van der Waals surface area contributed by atoms with Gasteiger partial charge in [-0.1, -0.05) is 0 Å². The molecule has 3 N–H and O–H groups in total. The Hall–Kier alpha value is -2.94. The number of nitrogens with one attached hydrogen (secondary N) is 1. The van der Waals surface area contributed by atoms with E-state index in [2.05, 4.69) is 10.3 Å². The fourth-order valence-corrected chi connectivity index (χ4v) is 3.53. The number of ether oxygens (including phenoxy) is 1. The molecular formula is C21H18F5N3O. The summed E-state index contributed by atoms with van der Waals surface area (Å²) in [6.07, 6.45) is -0.928. The first-order valence-electron chi connectivity index (χ1n) is 9.29. The van der Waals surface area contributed by atoms with Gasteiger partial charge in [-0.05, 0) is 42.5 Å². The van der Waals surface area contributed by atoms with E-state index in [-0.39, 0.29) is 29.4 Å². The van der Waals surface area contributed by atoms with Gasteiger partial charge in [-0.3, -0.25) is 4.98 Å². The molecule has 2 aromatic carbocycles. The van der Waals surface area contributed by atoms with Crippen LogP contribution in [-0.2, 0) is 12.7 Å². The molecule has 158 valence electrons. The van der Waals surface area contributed by atoms with Crippen molar-refractivity contribution in [3.05, 3.63) is 65.5 Å². The van der Waals surface area contributed by atoms with Crippen LogP contribution in [-0.4, -0.2) is 17.1 Å². The number of rotatable bonds is 5. The zero-order chi connectivity index (χ0) is 21.5. The number of aromatic nitrogens is 1. The number of nitrogen functional groups attached to an aromatic ring is 1. The van der Waals surface area contributed by atoms with Crippen LogP contribution in [0.25, 0.3) is 10.8 Å². The number of hydrogen-bond donors (Lipinski definition) is 2. The molecule has 1 fully saturated rings. The Bertz CT molecular complexity index is 1080. The third kappa shape index (κ3) is 4.02. The van der Waals surface area contributed by atoms with Gasteiger partial charge in [-0.15, -0.1) is 0 Å². The van der Waals surface area contributed by atoms with Crippen LogP contribution in [0.3, 0.4) is 0 Å². The van der Waals surface area contributed by atoms with Crippen LogP contribution in [0.1, 0.15) is 24.0 Å². The lowest BCUT2D eigenvalue weighted by Gasteiger charge is -2.36. The minimum Gasteiger partial charge on any atom is -0.488 e. The van der Waals surface area contributed by atoms with E-state index in [9.17, 15) is 22.0 Å². The lowest BCUT2D eigenvalue weighted by Crippen LogP contribution is -2.46. The van der Waals surface area contributed by atoms with E-state index in [0.717, 1.165) is 10.8 Å². The number of benzene rings is 2. The summed E-state index contributed by atoms with van der Waals surface area (Å²) in [6.45, 7) is 0.293. The van der Waals surface area contributed by atoms with E-state index in [0.29, 0.717) is 37.1 Å². The average molecular weight is 423 g/mol. The molecule has 0 spiro atoms. The van der Waals surface area contributed by atoms with E-state index in [1.807, 2.05) is 0 Å². The Morgan fingerprint density at radius 3 is 2.60 bits per heavy atom. The van der Waals surface area contributed by atoms with Crippen LogP contribution in [0.5, 0.6) is 5.75 Å². The van der Waals surface area contributed by atoms with Gasteiger partial charge in [0, 0.05) is 42.0 Å². The van der Waals surface area contributed by atoms with Gasteiger partial charge in [0.25, 0.3) is 0 Å². The standard InChI is InChI=1S/C21H18F5N3O/c22-17-2-1-11-9-28-4-3-14(11)15(17)10-29-12-5-13(6-12)30-20-7-16(21(24,25)26)18(23)8-19(20)27/h1-4,7-9,12-13,29H,5-6,10,27H2. The quantitative estimate of drug-likeness (QED) is 0.457. The molecule has 0 amide bonds. The number of halogens is 5. The number of fused-ring (bicyclic) bond motifs is 1. The van der Waals surface area contributed by atoms with Gasteiger partial charge in [0.15, 0.2) is 0 Å². The number of nitrogens with two attached hydrogens (primary N) is 1. The van der Waals surface area contributed by atoms with Gasteiger partial charge in [-0.2, -0.15) is 13.2 Å². The Morgan fingerprint density at radius 2 is 1.87 bits per heavy atom. The van der Waals surface area contributed by atoms with Crippen molar-refractivity contribution in [3.8, 4) is 5.75 Å². The second kappa shape index (κ2) is 7.71. The maximum atomic E-state index is 14.2. The molecule has 0 unspecified atom stereocenters. The van der Waals surface area contributed by atoms with Crippen molar-refractivity contribution in [3.63, 3.8) is 0 Å². The summed E-state index contributed by atoms with van der Waals surface area (Å²) in [5.74, 6) is -1.96. The van der Waals surface area contributed by atoms with Crippen molar-refractivity contribution in [2.45, 2.75) is 37.7 Å². The first kappa shape index (κ1) is 20.3. The summed E-state index contributed by atoms with van der Waals surface area (Å²) in [5, 5.41) is 4.83. The molecule has 0 radical (unpaired) electrons. The lowest BCUT2D eigenvalue weighted by atomic mass is 9.88. The number of nitrogens with zero attached hydrogens (tertiary/aromatic N) is 1. The fourth-order valence-electron chi connectivity index (χ4n) is 3.53. The van der Waals surface area contributed by atoms with Crippen LogP contribution >= 0.6 is 0 Å². The molecule has 0 atom stereocenters. The number of hydrogen-bond acceptors (Lipinski definition) is 4. The molecule has 0 saturated heterocycles. The zero-order valence-corrected chi connectivity index (χ0v) is 15.6. The molecule has 1 heterocycles. The molecule has 1 saturated carbocycles. The second-order valence-corrected chi connectivity index (χ2v) is 7.28. The third-order valence-corrected chi connectivity index (χ3v) is 5.24. The number of anilines is 1. The molecule has 30 heavy (non-hydrogen) atoms. The minimum atomic E-state index is -4.84. The molecular weight excluding hydrogens is 405 g/mol. The number of alkyl halides is 3. The Kier molecular flexibility index (Phi) is 5.23. The number of pyridine rings is 1. The van der Waals surface area contributed by atoms with E-state index in [4.69, 9.17) is 10.5 Å². The molecule has 0 bridgehead atoms. The van der Waals surface area contributed by atoms with E-state index < -0.39 is 17.6 Å². The molecule has 0 aliphatic heterocycles. The smallest absolute Gasteiger partial charge is 0.419 e. The fraction of sp³-hybridized carbons (Fsp3) is 0.286. The second-order valence-electron chi connectivity index (χ2n) is 7.28. The maximum Gasteiger partial charge on any atom is 0.419 e. The first-order valence-corrected chi connectivity index (χ1v) is 9.29. The highest BCUT2D eigenvalue weighted by Gasteiger charge is 2.36. The summed E-state index contributed by atoms with van der Waals surface area (Å²) in [5.41, 5.74) is 4.52. The van der Waals surface area contributed by atoms with Crippen LogP contribution in [0.15, 0.2) is 42.7 Å². The Labute approximate surface area is 168 Å². The van der Waals surface area contributed by atoms with Crippen molar-refractivity contribution >= 4 is 16.5 Å². The molecule has 9 heteroatoms. The topological polar surface area (TPSA) is 60.2 Å². The minimum absolute atomic E-state index is 0.00949. The summed E-state index contributed by atoms with van der Waals surface area (Å²) >= 11 is 0. The van der Waals surface area contributed by atoms with E-state index in [1.54, 1.807) is 24.5 Å². The first-order chi connectivity index (χ1) is 14.2. The van der Waals surface area contributed by atoms with E-state index >= 15 is 0 Å². The van der Waals surface area contributed by atoms with Crippen molar-refractivity contribution in [2.75, 3.05) is 5.73 Å². The summed E-state index contributed by atoms with van der Waals surface area (Å²) in [6, 6.07) is 6.02. The molecule has 1 aliphatic carbocycles. The van der Waals surface area contributed by atoms with Crippen LogP contribution in [0, 0.1) is 11.6 Å². The zero-order valence-electron chi connectivity index (χ0n) is 15.6. The molecule has 3 aromatic rings. The molecule has 1 aliphatic rings. The van der Waals surface area contributed by atoms with Crippen LogP contribution in [0.2, 0.25) is 0 Å². The highest BCUT2D eigenvalue weighted by atomic mass is 19.4.